The Morgan fingerprint density at radius 3 is 3.00 bits per heavy atom. The predicted molar refractivity (Wildman–Crippen MR) is 59.4 cm³/mol. The van der Waals surface area contributed by atoms with Crippen molar-refractivity contribution in [1.82, 2.24) is 0 Å². The number of hydrogen-bond acceptors (Lipinski definition) is 2. The largest absolute Gasteiger partial charge is 0.490 e. The first kappa shape index (κ1) is 10.7. The molecule has 1 aliphatic heterocycles. The summed E-state index contributed by atoms with van der Waals surface area (Å²) in [6.07, 6.45) is 8.62. The zero-order chi connectivity index (χ0) is 10.7. The summed E-state index contributed by atoms with van der Waals surface area (Å²) in [6, 6.07) is 0. The minimum Gasteiger partial charge on any atom is -0.490 e. The van der Waals surface area contributed by atoms with Gasteiger partial charge in [0.05, 0.1) is 6.61 Å². The Bertz CT molecular complexity index is 268. The molecule has 2 unspecified atom stereocenters. The van der Waals surface area contributed by atoms with Crippen LogP contribution in [0.15, 0.2) is 11.8 Å². The minimum atomic E-state index is 0.249. The van der Waals surface area contributed by atoms with Gasteiger partial charge in [-0.05, 0) is 44.1 Å². The molecule has 2 nitrogen and oxygen atoms in total. The fraction of sp³-hybridized carbons (Fsp3) is 0.769. The van der Waals surface area contributed by atoms with Gasteiger partial charge in [0.25, 0.3) is 0 Å². The van der Waals surface area contributed by atoms with Gasteiger partial charge in [0.1, 0.15) is 0 Å². The van der Waals surface area contributed by atoms with E-state index in [1.807, 2.05) is 6.08 Å². The van der Waals surface area contributed by atoms with Crippen molar-refractivity contribution < 1.29 is 9.53 Å². The molecule has 0 N–H and O–H groups in total. The van der Waals surface area contributed by atoms with E-state index in [9.17, 15) is 4.79 Å². The zero-order valence-electron chi connectivity index (χ0n) is 9.50. The Balaban J connectivity index is 1.93. The first-order chi connectivity index (χ1) is 7.31. The van der Waals surface area contributed by atoms with E-state index in [0.717, 1.165) is 38.2 Å². The van der Waals surface area contributed by atoms with Crippen LogP contribution >= 0.6 is 0 Å². The van der Waals surface area contributed by atoms with Crippen molar-refractivity contribution >= 4 is 5.78 Å². The van der Waals surface area contributed by atoms with Gasteiger partial charge in [-0.3, -0.25) is 4.79 Å². The average molecular weight is 208 g/mol. The van der Waals surface area contributed by atoms with Gasteiger partial charge in [-0.2, -0.15) is 0 Å². The van der Waals surface area contributed by atoms with Gasteiger partial charge >= 0.3 is 0 Å². The normalized spacial score (nSPS) is 30.9. The molecule has 0 aromatic rings. The summed E-state index contributed by atoms with van der Waals surface area (Å²) < 4.78 is 5.43. The molecule has 0 radical (unpaired) electrons. The molecule has 0 spiro atoms. The molecule has 1 fully saturated rings. The molecule has 0 bridgehead atoms. The molecule has 0 amide bonds. The summed E-state index contributed by atoms with van der Waals surface area (Å²) >= 11 is 0. The average Bonchev–Trinajstić information content (AvgIpc) is 2.78. The molecule has 0 aromatic carbocycles. The van der Waals surface area contributed by atoms with E-state index in [0.29, 0.717) is 5.76 Å². The molecule has 0 saturated heterocycles. The van der Waals surface area contributed by atoms with Crippen LogP contribution in [-0.2, 0) is 9.53 Å². The third kappa shape index (κ3) is 2.42. The summed E-state index contributed by atoms with van der Waals surface area (Å²) in [7, 11) is 0. The van der Waals surface area contributed by atoms with Crippen molar-refractivity contribution in [2.75, 3.05) is 6.61 Å². The van der Waals surface area contributed by atoms with Crippen LogP contribution < -0.4 is 0 Å². The lowest BCUT2D eigenvalue weighted by Crippen LogP contribution is -2.18. The molecule has 1 saturated carbocycles. The molecule has 0 aromatic heterocycles. The van der Waals surface area contributed by atoms with Gasteiger partial charge in [-0.1, -0.05) is 13.3 Å². The summed E-state index contributed by atoms with van der Waals surface area (Å²) in [4.78, 5) is 12.1. The number of carbonyl (C=O) groups is 1. The second-order valence-electron chi connectivity index (χ2n) is 4.71. The SMILES string of the molecule is CCC1CCC(C(=O)C2=CCCCO2)C1. The fourth-order valence-electron chi connectivity index (χ4n) is 2.61. The van der Waals surface area contributed by atoms with Crippen LogP contribution in [0.2, 0.25) is 0 Å². The Labute approximate surface area is 91.7 Å². The van der Waals surface area contributed by atoms with E-state index in [-0.39, 0.29) is 11.7 Å². The first-order valence-electron chi connectivity index (χ1n) is 6.18. The first-order valence-corrected chi connectivity index (χ1v) is 6.18. The van der Waals surface area contributed by atoms with Crippen molar-refractivity contribution in [3.05, 3.63) is 11.8 Å². The number of hydrogen-bond donors (Lipinski definition) is 0. The van der Waals surface area contributed by atoms with Crippen LogP contribution in [0, 0.1) is 11.8 Å². The van der Waals surface area contributed by atoms with Gasteiger partial charge in [-0.15, -0.1) is 0 Å². The Morgan fingerprint density at radius 1 is 1.53 bits per heavy atom. The standard InChI is InChI=1S/C13H20O2/c1-2-10-6-7-11(9-10)13(14)12-5-3-4-8-15-12/h5,10-11H,2-4,6-9H2,1H3. The maximum absolute atomic E-state index is 12.1. The van der Waals surface area contributed by atoms with Crippen LogP contribution in [0.5, 0.6) is 0 Å². The van der Waals surface area contributed by atoms with Crippen LogP contribution in [-0.4, -0.2) is 12.4 Å². The van der Waals surface area contributed by atoms with Gasteiger partial charge in [-0.25, -0.2) is 0 Å². The molecule has 2 aliphatic rings. The van der Waals surface area contributed by atoms with E-state index in [1.165, 1.54) is 12.8 Å². The lowest BCUT2D eigenvalue weighted by atomic mass is 9.97. The number of allylic oxidation sites excluding steroid dienone is 2. The monoisotopic (exact) mass is 208 g/mol. The Hall–Kier alpha value is -0.790. The van der Waals surface area contributed by atoms with Crippen LogP contribution in [0.1, 0.15) is 45.4 Å². The summed E-state index contributed by atoms with van der Waals surface area (Å²) in [6.45, 7) is 2.94. The summed E-state index contributed by atoms with van der Waals surface area (Å²) in [5, 5.41) is 0. The molecule has 2 heteroatoms. The molecule has 2 atom stereocenters. The molecule has 84 valence electrons. The molecule has 1 heterocycles. The van der Waals surface area contributed by atoms with E-state index in [1.54, 1.807) is 0 Å². The van der Waals surface area contributed by atoms with Crippen molar-refractivity contribution in [3.8, 4) is 0 Å². The van der Waals surface area contributed by atoms with Gasteiger partial charge < -0.3 is 4.74 Å². The Kier molecular flexibility index (Phi) is 3.45. The van der Waals surface area contributed by atoms with Gasteiger partial charge in [0.15, 0.2) is 11.5 Å². The number of ether oxygens (including phenoxy) is 1. The van der Waals surface area contributed by atoms with E-state index < -0.39 is 0 Å². The van der Waals surface area contributed by atoms with E-state index in [2.05, 4.69) is 6.92 Å². The quantitative estimate of drug-likeness (QED) is 0.712. The molecule has 1 aliphatic carbocycles. The zero-order valence-corrected chi connectivity index (χ0v) is 9.50. The topological polar surface area (TPSA) is 26.3 Å². The molecular weight excluding hydrogens is 188 g/mol. The molecule has 15 heavy (non-hydrogen) atoms. The fourth-order valence-corrected chi connectivity index (χ4v) is 2.61. The maximum atomic E-state index is 12.1. The minimum absolute atomic E-state index is 0.249. The Morgan fingerprint density at radius 2 is 2.40 bits per heavy atom. The van der Waals surface area contributed by atoms with Crippen LogP contribution in [0.25, 0.3) is 0 Å². The highest BCUT2D eigenvalue weighted by Gasteiger charge is 2.31. The van der Waals surface area contributed by atoms with Crippen molar-refractivity contribution in [1.29, 1.82) is 0 Å². The highest BCUT2D eigenvalue weighted by Crippen LogP contribution is 2.35. The number of rotatable bonds is 3. The third-order valence-corrected chi connectivity index (χ3v) is 3.67. The lowest BCUT2D eigenvalue weighted by Gasteiger charge is -2.16. The summed E-state index contributed by atoms with van der Waals surface area (Å²) in [5.74, 6) is 1.94. The second kappa shape index (κ2) is 4.82. The predicted octanol–water partition coefficient (Wildman–Crippen LogP) is 3.08. The van der Waals surface area contributed by atoms with Gasteiger partial charge in [0, 0.05) is 5.92 Å². The number of Topliss-reactive ketones (excluding diaryl/α,β-unsaturated/α-hetero) is 1. The molecule has 2 rings (SSSR count). The van der Waals surface area contributed by atoms with E-state index in [4.69, 9.17) is 4.74 Å². The maximum Gasteiger partial charge on any atom is 0.200 e. The van der Waals surface area contributed by atoms with Gasteiger partial charge in [0.2, 0.25) is 0 Å². The van der Waals surface area contributed by atoms with E-state index >= 15 is 0 Å². The highest BCUT2D eigenvalue weighted by atomic mass is 16.5. The highest BCUT2D eigenvalue weighted by molar-refractivity contribution is 5.95. The van der Waals surface area contributed by atoms with Crippen LogP contribution in [0.3, 0.4) is 0 Å². The van der Waals surface area contributed by atoms with Crippen molar-refractivity contribution in [2.24, 2.45) is 11.8 Å². The third-order valence-electron chi connectivity index (χ3n) is 3.67. The lowest BCUT2D eigenvalue weighted by molar-refractivity contribution is -0.122. The molecular formula is C13H20O2. The van der Waals surface area contributed by atoms with Crippen molar-refractivity contribution in [3.63, 3.8) is 0 Å². The van der Waals surface area contributed by atoms with Crippen molar-refractivity contribution in [2.45, 2.75) is 45.4 Å². The number of carbonyl (C=O) groups excluding carboxylic acids is 1. The second-order valence-corrected chi connectivity index (χ2v) is 4.71. The number of ketones is 1. The smallest absolute Gasteiger partial charge is 0.200 e. The summed E-state index contributed by atoms with van der Waals surface area (Å²) in [5.41, 5.74) is 0. The van der Waals surface area contributed by atoms with Crippen LogP contribution in [0.4, 0.5) is 0 Å².